The van der Waals surface area contributed by atoms with Crippen molar-refractivity contribution in [1.82, 2.24) is 15.1 Å². The molecule has 26 heavy (non-hydrogen) atoms. The molecule has 0 spiro atoms. The number of anilines is 1. The van der Waals surface area contributed by atoms with Crippen molar-refractivity contribution in [2.45, 2.75) is 38.1 Å². The van der Waals surface area contributed by atoms with E-state index in [0.717, 1.165) is 32.1 Å². The van der Waals surface area contributed by atoms with Crippen molar-refractivity contribution in [3.63, 3.8) is 0 Å². The Balaban J connectivity index is 1.55. The van der Waals surface area contributed by atoms with Gasteiger partial charge in [-0.1, -0.05) is 11.6 Å². The lowest BCUT2D eigenvalue weighted by molar-refractivity contribution is -0.145. The molecule has 0 aliphatic heterocycles. The Hall–Kier alpha value is -1.76. The minimum atomic E-state index is -0.349. The second-order valence-corrected chi connectivity index (χ2v) is 9.00. The Kier molecular flexibility index (Phi) is 3.99. The summed E-state index contributed by atoms with van der Waals surface area (Å²) < 4.78 is 1.62. The Morgan fingerprint density at radius 3 is 2.38 bits per heavy atom. The molecule has 2 atom stereocenters. The summed E-state index contributed by atoms with van der Waals surface area (Å²) >= 11 is 6.40. The zero-order chi connectivity index (χ0) is 18.8. The number of aryl methyl sites for hydroxylation is 1. The molecule has 1 aromatic heterocycles. The zero-order valence-corrected chi connectivity index (χ0v) is 16.2. The summed E-state index contributed by atoms with van der Waals surface area (Å²) in [6.07, 6.45) is 4.64. The van der Waals surface area contributed by atoms with E-state index in [9.17, 15) is 9.59 Å². The average Bonchev–Trinajstić information content (AvgIpc) is 2.84. The van der Waals surface area contributed by atoms with Crippen LogP contribution < -0.4 is 16.0 Å². The van der Waals surface area contributed by atoms with E-state index in [-0.39, 0.29) is 29.0 Å². The highest BCUT2D eigenvalue weighted by atomic mass is 35.5. The van der Waals surface area contributed by atoms with Gasteiger partial charge in [-0.15, -0.1) is 0 Å². The first-order valence-electron chi connectivity index (χ1n) is 9.22. The van der Waals surface area contributed by atoms with Crippen molar-refractivity contribution >= 4 is 29.2 Å². The highest BCUT2D eigenvalue weighted by molar-refractivity contribution is 6.36. The summed E-state index contributed by atoms with van der Waals surface area (Å²) in [6.45, 7) is 0. The maximum absolute atomic E-state index is 12.9. The summed E-state index contributed by atoms with van der Waals surface area (Å²) in [7, 11) is 5.51. The number of carbonyl (C=O) groups is 2. The van der Waals surface area contributed by atoms with Crippen molar-refractivity contribution in [3.05, 3.63) is 10.7 Å². The van der Waals surface area contributed by atoms with Crippen molar-refractivity contribution in [1.29, 1.82) is 0 Å². The molecule has 1 aromatic rings. The molecule has 0 saturated heterocycles. The lowest BCUT2D eigenvalue weighted by Gasteiger charge is -2.58. The average molecular weight is 380 g/mol. The highest BCUT2D eigenvalue weighted by Gasteiger charge is 2.58. The van der Waals surface area contributed by atoms with Crippen LogP contribution in [0.25, 0.3) is 0 Å². The minimum Gasteiger partial charge on any atom is -0.369 e. The first-order valence-corrected chi connectivity index (χ1v) is 9.60. The fourth-order valence-corrected chi connectivity index (χ4v) is 6.32. The number of halogens is 1. The standard InChI is InChI=1S/C18H26ClN5O2/c1-23(2)16-12(19)14(22-24(16)3)15(25)21-13-10-4-9-5-11(13)8-18(6-9,7-10)17(20)26/h9-11,13H,4-8H2,1-3H3,(H2,20,26)(H,21,25)/t9?,10?,11?,13-,18-. The molecule has 4 aliphatic rings. The van der Waals surface area contributed by atoms with E-state index in [1.807, 2.05) is 19.0 Å². The van der Waals surface area contributed by atoms with Crippen molar-refractivity contribution < 1.29 is 9.59 Å². The molecule has 7 nitrogen and oxygen atoms in total. The fourth-order valence-electron chi connectivity index (χ4n) is 5.90. The van der Waals surface area contributed by atoms with Crippen LogP contribution in [-0.2, 0) is 11.8 Å². The Labute approximate surface area is 158 Å². The Bertz CT molecular complexity index is 758. The van der Waals surface area contributed by atoms with Gasteiger partial charge in [0, 0.05) is 32.6 Å². The molecule has 0 radical (unpaired) electrons. The van der Waals surface area contributed by atoms with E-state index >= 15 is 0 Å². The number of amides is 2. The molecule has 4 bridgehead atoms. The van der Waals surface area contributed by atoms with Gasteiger partial charge in [0.2, 0.25) is 5.91 Å². The van der Waals surface area contributed by atoms with Gasteiger partial charge in [-0.3, -0.25) is 14.3 Å². The van der Waals surface area contributed by atoms with Crippen molar-refractivity contribution in [2.75, 3.05) is 19.0 Å². The quantitative estimate of drug-likeness (QED) is 0.830. The van der Waals surface area contributed by atoms with E-state index in [1.54, 1.807) is 11.7 Å². The van der Waals surface area contributed by atoms with Crippen LogP contribution in [0.4, 0.5) is 5.82 Å². The monoisotopic (exact) mass is 379 g/mol. The van der Waals surface area contributed by atoms with Crippen LogP contribution in [0, 0.1) is 23.2 Å². The number of rotatable bonds is 4. The number of aromatic nitrogens is 2. The van der Waals surface area contributed by atoms with Gasteiger partial charge in [0.05, 0.1) is 0 Å². The van der Waals surface area contributed by atoms with E-state index in [1.165, 1.54) is 0 Å². The third-order valence-electron chi connectivity index (χ3n) is 6.69. The van der Waals surface area contributed by atoms with Crippen LogP contribution in [0.3, 0.4) is 0 Å². The molecule has 142 valence electrons. The third kappa shape index (κ3) is 2.51. The van der Waals surface area contributed by atoms with Crippen LogP contribution in [0.1, 0.15) is 42.6 Å². The lowest BCUT2D eigenvalue weighted by Crippen LogP contribution is -2.62. The number of nitrogens with two attached hydrogens (primary N) is 1. The first kappa shape index (κ1) is 17.6. The van der Waals surface area contributed by atoms with Gasteiger partial charge in [0.25, 0.3) is 5.91 Å². The van der Waals surface area contributed by atoms with Crippen LogP contribution in [-0.4, -0.2) is 41.7 Å². The van der Waals surface area contributed by atoms with Crippen molar-refractivity contribution in [2.24, 2.45) is 36.0 Å². The Morgan fingerprint density at radius 1 is 1.27 bits per heavy atom. The van der Waals surface area contributed by atoms with Gasteiger partial charge in [0.1, 0.15) is 10.8 Å². The van der Waals surface area contributed by atoms with Gasteiger partial charge < -0.3 is 16.0 Å². The smallest absolute Gasteiger partial charge is 0.273 e. The molecular formula is C18H26ClN5O2. The van der Waals surface area contributed by atoms with Crippen LogP contribution in [0.5, 0.6) is 0 Å². The lowest BCUT2D eigenvalue weighted by atomic mass is 9.47. The molecule has 3 N–H and O–H groups in total. The van der Waals surface area contributed by atoms with Gasteiger partial charge in [-0.05, 0) is 49.9 Å². The van der Waals surface area contributed by atoms with Gasteiger partial charge in [0.15, 0.2) is 5.69 Å². The molecule has 8 heteroatoms. The molecule has 5 rings (SSSR count). The summed E-state index contributed by atoms with van der Waals surface area (Å²) in [5.41, 5.74) is 5.65. The number of nitrogens with one attached hydrogen (secondary N) is 1. The van der Waals surface area contributed by atoms with Crippen molar-refractivity contribution in [3.8, 4) is 0 Å². The second-order valence-electron chi connectivity index (χ2n) is 8.62. The topological polar surface area (TPSA) is 93.2 Å². The second kappa shape index (κ2) is 5.87. The summed E-state index contributed by atoms with van der Waals surface area (Å²) in [4.78, 5) is 26.8. The number of nitrogens with zero attached hydrogens (tertiary/aromatic N) is 3. The maximum Gasteiger partial charge on any atom is 0.273 e. The fraction of sp³-hybridized carbons (Fsp3) is 0.722. The summed E-state index contributed by atoms with van der Waals surface area (Å²) in [5, 5.41) is 7.87. The molecule has 0 aromatic carbocycles. The summed E-state index contributed by atoms with van der Waals surface area (Å²) in [5.74, 6) is 1.50. The van der Waals surface area contributed by atoms with Crippen LogP contribution >= 0.6 is 11.6 Å². The number of carbonyl (C=O) groups excluding carboxylic acids is 2. The SMILES string of the molecule is CN(C)c1c(Cl)c(C(=O)N[C@H]2C3CC4CC2C[C@](C(N)=O)(C4)C3)nn1C. The van der Waals surface area contributed by atoms with E-state index in [2.05, 4.69) is 10.4 Å². The van der Waals surface area contributed by atoms with Gasteiger partial charge in [-0.25, -0.2) is 0 Å². The predicted molar refractivity (Wildman–Crippen MR) is 99.0 cm³/mol. The maximum atomic E-state index is 12.9. The molecule has 2 unspecified atom stereocenters. The largest absolute Gasteiger partial charge is 0.369 e. The molecule has 4 saturated carbocycles. The first-order chi connectivity index (χ1) is 12.2. The van der Waals surface area contributed by atoms with E-state index in [4.69, 9.17) is 17.3 Å². The minimum absolute atomic E-state index is 0.0763. The van der Waals surface area contributed by atoms with Crippen LogP contribution in [0.2, 0.25) is 5.02 Å². The number of hydrogen-bond donors (Lipinski definition) is 2. The zero-order valence-electron chi connectivity index (χ0n) is 15.5. The van der Waals surface area contributed by atoms with Crippen LogP contribution in [0.15, 0.2) is 0 Å². The molecule has 4 aliphatic carbocycles. The highest BCUT2D eigenvalue weighted by Crippen LogP contribution is 2.59. The van der Waals surface area contributed by atoms with E-state index < -0.39 is 0 Å². The third-order valence-corrected chi connectivity index (χ3v) is 7.04. The van der Waals surface area contributed by atoms with Gasteiger partial charge >= 0.3 is 0 Å². The molecular weight excluding hydrogens is 354 g/mol. The Morgan fingerprint density at radius 2 is 1.88 bits per heavy atom. The molecule has 4 fully saturated rings. The number of hydrogen-bond acceptors (Lipinski definition) is 4. The van der Waals surface area contributed by atoms with Gasteiger partial charge in [-0.2, -0.15) is 5.10 Å². The normalized spacial score (nSPS) is 34.8. The van der Waals surface area contributed by atoms with E-state index in [0.29, 0.717) is 28.6 Å². The number of primary amides is 1. The predicted octanol–water partition coefficient (Wildman–Crippen LogP) is 1.55. The summed E-state index contributed by atoms with van der Waals surface area (Å²) in [6, 6.07) is 0.0763. The molecule has 2 amide bonds. The molecule has 1 heterocycles.